The third-order valence-electron chi connectivity index (χ3n) is 0. The summed E-state index contributed by atoms with van der Waals surface area (Å²) in [6.07, 6.45) is 2.50. The zero-order valence-electron chi connectivity index (χ0n) is 20.5. The number of ketones is 2. The largest absolute Gasteiger partial charge is 1.00 e. The van der Waals surface area contributed by atoms with Gasteiger partial charge in [-0.15, -0.1) is 0 Å². The number of hydrogen-bond acceptors (Lipinski definition) is 4. The quantitative estimate of drug-likeness (QED) is 0.594. The number of carbonyl (C=O) groups excluding carboxylic acids is 3. The molecular weight excluding hydrogens is 343 g/mol. The van der Waals surface area contributed by atoms with Crippen LogP contribution in [0.5, 0.6) is 0 Å². The Morgan fingerprint density at radius 3 is 0.560 bits per heavy atom. The Hall–Kier alpha value is 0.446. The van der Waals surface area contributed by atoms with Gasteiger partial charge in [-0.2, -0.15) is 0 Å². The molecule has 0 rings (SSSR count). The maximum absolute atomic E-state index is 9.44. The van der Waals surface area contributed by atoms with Gasteiger partial charge in [0, 0.05) is 5.97 Å². The van der Waals surface area contributed by atoms with Gasteiger partial charge < -0.3 is 19.5 Å². The topological polar surface area (TPSA) is 74.3 Å². The summed E-state index contributed by atoms with van der Waals surface area (Å²) in [6, 6.07) is 0. The molecule has 0 saturated carbocycles. The number of aliphatic carboxylic acids is 1. The van der Waals surface area contributed by atoms with Gasteiger partial charge in [-0.25, -0.2) is 0 Å². The van der Waals surface area contributed by atoms with Crippen LogP contribution < -0.4 is 56.5 Å². The number of carboxylic acids is 1. The van der Waals surface area contributed by atoms with Crippen molar-refractivity contribution in [3.05, 3.63) is 0 Å². The Morgan fingerprint density at radius 1 is 0.560 bits per heavy atom. The summed E-state index contributed by atoms with van der Waals surface area (Å²) in [4.78, 5) is 27.8. The summed E-state index contributed by atoms with van der Waals surface area (Å²) in [5.41, 5.74) is 0. The van der Waals surface area contributed by atoms with Crippen LogP contribution in [0, 0.1) is 0 Å². The van der Waals surface area contributed by atoms with E-state index in [2.05, 4.69) is 27.7 Å². The van der Waals surface area contributed by atoms with Gasteiger partial charge in [0.2, 0.25) is 0 Å². The molecule has 5 heteroatoms. The maximum atomic E-state index is 9.44. The van der Waals surface area contributed by atoms with Gasteiger partial charge in [0.05, 0.1) is 0 Å². The van der Waals surface area contributed by atoms with Gasteiger partial charge >= 0.3 is 51.4 Å². The number of carbonyl (C=O) groups is 3. The first-order valence-electron chi connectivity index (χ1n) is 9.14. The summed E-state index contributed by atoms with van der Waals surface area (Å²) < 4.78 is 0. The molecular formula is C20H49KO4. The van der Waals surface area contributed by atoms with Crippen molar-refractivity contribution in [2.45, 2.75) is 117 Å². The average Bonchev–Trinajstić information content (AvgIpc) is 2.44. The zero-order chi connectivity index (χ0) is 22.1. The Bertz CT molecular complexity index is 140. The first-order chi connectivity index (χ1) is 11.0. The van der Waals surface area contributed by atoms with Gasteiger partial charge in [-0.3, -0.25) is 0 Å². The molecule has 0 heterocycles. The summed E-state index contributed by atoms with van der Waals surface area (Å²) in [6.45, 7) is 27.6. The first-order valence-corrected chi connectivity index (χ1v) is 9.14. The van der Waals surface area contributed by atoms with Crippen LogP contribution in [0.4, 0.5) is 0 Å². The standard InChI is InChI=1S/2C3H6O.2C3H8.C2H4O2.3C2H6.K/c2*1-3(2)4;2*1-3-2;1-2(3)4;3*1-2;/h2*1-2H3;2*3H2,1-2H3;1H3,(H,3,4);3*1-2H3;/q;;;;;;;;+1/p-1. The minimum Gasteiger partial charge on any atom is -0.550 e. The van der Waals surface area contributed by atoms with Crippen LogP contribution >= 0.6 is 0 Å². The van der Waals surface area contributed by atoms with E-state index in [1.165, 1.54) is 40.5 Å². The molecule has 0 aliphatic heterocycles. The van der Waals surface area contributed by atoms with Crippen LogP contribution in [0.25, 0.3) is 0 Å². The summed E-state index contributed by atoms with van der Waals surface area (Å²) in [5, 5.41) is 8.89. The Kier molecular flexibility index (Phi) is 231. The van der Waals surface area contributed by atoms with E-state index < -0.39 is 5.97 Å². The Morgan fingerprint density at radius 2 is 0.560 bits per heavy atom. The van der Waals surface area contributed by atoms with Crippen LogP contribution in [0.1, 0.15) is 117 Å². The molecule has 4 nitrogen and oxygen atoms in total. The molecule has 0 aromatic rings. The minimum atomic E-state index is -1.08. The molecule has 0 N–H and O–H groups in total. The van der Waals surface area contributed by atoms with Crippen molar-refractivity contribution in [3.8, 4) is 0 Å². The monoisotopic (exact) mass is 392 g/mol. The second-order valence-electron chi connectivity index (χ2n) is 3.72. The molecule has 154 valence electrons. The van der Waals surface area contributed by atoms with Crippen molar-refractivity contribution in [2.24, 2.45) is 0 Å². The number of Topliss-reactive ketones (excluding diaryl/α,β-unsaturated/α-hetero) is 2. The molecule has 0 aliphatic rings. The van der Waals surface area contributed by atoms with E-state index in [4.69, 9.17) is 9.90 Å². The Labute approximate surface area is 203 Å². The van der Waals surface area contributed by atoms with Crippen molar-refractivity contribution in [1.29, 1.82) is 0 Å². The molecule has 0 aromatic heterocycles. The summed E-state index contributed by atoms with van der Waals surface area (Å²) in [7, 11) is 0. The van der Waals surface area contributed by atoms with Gasteiger partial charge in [-0.1, -0.05) is 82.1 Å². The molecule has 25 heavy (non-hydrogen) atoms. The van der Waals surface area contributed by atoms with Crippen molar-refractivity contribution in [2.75, 3.05) is 0 Å². The fourth-order valence-electron chi connectivity index (χ4n) is 0. The van der Waals surface area contributed by atoms with Crippen LogP contribution in [-0.2, 0) is 14.4 Å². The summed E-state index contributed by atoms with van der Waals surface area (Å²) in [5.74, 6) is -0.750. The van der Waals surface area contributed by atoms with Crippen molar-refractivity contribution < 1.29 is 70.9 Å². The van der Waals surface area contributed by atoms with E-state index >= 15 is 0 Å². The SMILES string of the molecule is CC.CC.CC.CC(=O)[O-].CC(C)=O.CC(C)=O.CCC.CCC.[K+]. The molecule has 0 aromatic carbocycles. The Balaban J connectivity index is -0.0000000169. The first kappa shape index (κ1) is 56.2. The minimum absolute atomic E-state index is 0. The molecule has 0 unspecified atom stereocenters. The van der Waals surface area contributed by atoms with Crippen LogP contribution in [-0.4, -0.2) is 17.5 Å². The maximum Gasteiger partial charge on any atom is 1.00 e. The summed E-state index contributed by atoms with van der Waals surface area (Å²) >= 11 is 0. The van der Waals surface area contributed by atoms with Gasteiger partial charge in [-0.05, 0) is 34.6 Å². The van der Waals surface area contributed by atoms with E-state index in [0.717, 1.165) is 6.92 Å². The number of carboxylic acid groups (broad SMARTS) is 1. The number of hydrogen-bond donors (Lipinski definition) is 0. The van der Waals surface area contributed by atoms with Crippen molar-refractivity contribution in [3.63, 3.8) is 0 Å². The third-order valence-corrected chi connectivity index (χ3v) is 0. The van der Waals surface area contributed by atoms with Crippen molar-refractivity contribution >= 4 is 17.5 Å². The van der Waals surface area contributed by atoms with Gasteiger partial charge in [0.25, 0.3) is 0 Å². The van der Waals surface area contributed by atoms with Gasteiger partial charge in [0.1, 0.15) is 11.6 Å². The van der Waals surface area contributed by atoms with E-state index in [1.54, 1.807) is 0 Å². The average molecular weight is 393 g/mol. The predicted octanol–water partition coefficient (Wildman–Crippen LogP) is 2.86. The second kappa shape index (κ2) is 103. The molecule has 0 saturated heterocycles. The van der Waals surface area contributed by atoms with Crippen LogP contribution in [0.3, 0.4) is 0 Å². The molecule has 0 fully saturated rings. The fourth-order valence-corrected chi connectivity index (χ4v) is 0. The third kappa shape index (κ3) is 61800. The van der Waals surface area contributed by atoms with Crippen LogP contribution in [0.15, 0.2) is 0 Å². The second-order valence-corrected chi connectivity index (χ2v) is 3.72. The smallest absolute Gasteiger partial charge is 0.550 e. The molecule has 0 aliphatic carbocycles. The normalized spacial score (nSPS) is 5.24. The van der Waals surface area contributed by atoms with Crippen LogP contribution in [0.2, 0.25) is 0 Å². The molecule has 0 spiro atoms. The van der Waals surface area contributed by atoms with Crippen molar-refractivity contribution in [1.82, 2.24) is 0 Å². The molecule has 0 radical (unpaired) electrons. The van der Waals surface area contributed by atoms with E-state index in [1.807, 2.05) is 41.5 Å². The van der Waals surface area contributed by atoms with E-state index in [9.17, 15) is 9.59 Å². The fraction of sp³-hybridized carbons (Fsp3) is 0.850. The predicted molar refractivity (Wildman–Crippen MR) is 109 cm³/mol. The van der Waals surface area contributed by atoms with E-state index in [-0.39, 0.29) is 63.0 Å². The zero-order valence-corrected chi connectivity index (χ0v) is 23.7. The number of rotatable bonds is 0. The van der Waals surface area contributed by atoms with E-state index in [0.29, 0.717) is 0 Å². The van der Waals surface area contributed by atoms with Gasteiger partial charge in [0.15, 0.2) is 0 Å². The molecule has 0 atom stereocenters. The molecule has 0 bridgehead atoms. The molecule has 0 amide bonds.